The molecule has 17 heavy (non-hydrogen) atoms. The first kappa shape index (κ1) is 11.1. The van der Waals surface area contributed by atoms with Gasteiger partial charge in [-0.2, -0.15) is 0 Å². The van der Waals surface area contributed by atoms with Crippen LogP contribution in [0, 0.1) is 0 Å². The van der Waals surface area contributed by atoms with Gasteiger partial charge in [0.05, 0.1) is 6.61 Å². The Bertz CT molecular complexity index is 407. The van der Waals surface area contributed by atoms with Gasteiger partial charge in [0.1, 0.15) is 5.75 Å². The van der Waals surface area contributed by atoms with E-state index >= 15 is 0 Å². The Morgan fingerprint density at radius 1 is 1.41 bits per heavy atom. The molecule has 2 aliphatic heterocycles. The highest BCUT2D eigenvalue weighted by molar-refractivity contribution is 5.40. The fourth-order valence-corrected chi connectivity index (χ4v) is 3.19. The molecule has 0 spiro atoms. The van der Waals surface area contributed by atoms with Crippen LogP contribution in [0.25, 0.3) is 0 Å². The number of nitrogens with one attached hydrogen (secondary N) is 1. The number of rotatable bonds is 3. The van der Waals surface area contributed by atoms with Gasteiger partial charge in [0.2, 0.25) is 0 Å². The predicted octanol–water partition coefficient (Wildman–Crippen LogP) is 2.70. The molecular weight excluding hydrogens is 210 g/mol. The lowest BCUT2D eigenvalue weighted by Gasteiger charge is -2.28. The summed E-state index contributed by atoms with van der Waals surface area (Å²) in [6.07, 6.45) is 6.10. The van der Waals surface area contributed by atoms with E-state index in [1.165, 1.54) is 36.9 Å². The van der Waals surface area contributed by atoms with E-state index in [1.807, 2.05) is 0 Å². The van der Waals surface area contributed by atoms with Crippen LogP contribution in [-0.4, -0.2) is 18.7 Å². The first-order valence-electron chi connectivity index (χ1n) is 6.81. The predicted molar refractivity (Wildman–Crippen MR) is 69.6 cm³/mol. The second-order valence-electron chi connectivity index (χ2n) is 5.38. The van der Waals surface area contributed by atoms with Crippen molar-refractivity contribution in [2.24, 2.45) is 0 Å². The van der Waals surface area contributed by atoms with Gasteiger partial charge in [-0.25, -0.2) is 0 Å². The number of hydrogen-bond donors (Lipinski definition) is 1. The summed E-state index contributed by atoms with van der Waals surface area (Å²) in [5.74, 6) is 1.10. The molecule has 0 radical (unpaired) electrons. The van der Waals surface area contributed by atoms with Gasteiger partial charge in [-0.3, -0.25) is 0 Å². The third kappa shape index (κ3) is 2.06. The van der Waals surface area contributed by atoms with Crippen LogP contribution in [0.2, 0.25) is 0 Å². The highest BCUT2D eigenvalue weighted by Gasteiger charge is 2.31. The van der Waals surface area contributed by atoms with Crippen molar-refractivity contribution in [3.8, 4) is 5.75 Å². The average molecular weight is 231 g/mol. The Balaban J connectivity index is 1.80. The fraction of sp³-hybridized carbons (Fsp3) is 0.600. The minimum atomic E-state index is 0.355. The van der Waals surface area contributed by atoms with E-state index < -0.39 is 0 Å². The van der Waals surface area contributed by atoms with Gasteiger partial charge in [-0.15, -0.1) is 0 Å². The monoisotopic (exact) mass is 231 g/mol. The van der Waals surface area contributed by atoms with Crippen molar-refractivity contribution in [3.05, 3.63) is 29.3 Å². The Kier molecular flexibility index (Phi) is 2.83. The van der Waals surface area contributed by atoms with Gasteiger partial charge in [0, 0.05) is 12.0 Å². The molecule has 0 amide bonds. The van der Waals surface area contributed by atoms with Crippen LogP contribution >= 0.6 is 0 Å². The van der Waals surface area contributed by atoms with Crippen LogP contribution < -0.4 is 10.1 Å². The van der Waals surface area contributed by atoms with Crippen molar-refractivity contribution < 1.29 is 4.74 Å². The lowest BCUT2D eigenvalue weighted by atomic mass is 9.86. The summed E-state index contributed by atoms with van der Waals surface area (Å²) in [5, 5.41) is 3.70. The van der Waals surface area contributed by atoms with Crippen molar-refractivity contribution >= 4 is 0 Å². The van der Waals surface area contributed by atoms with E-state index in [9.17, 15) is 0 Å². The van der Waals surface area contributed by atoms with Crippen LogP contribution in [-0.2, 0) is 12.8 Å². The smallest absolute Gasteiger partial charge is 0.122 e. The van der Waals surface area contributed by atoms with Crippen LogP contribution in [0.1, 0.15) is 37.3 Å². The number of fused-ring (bicyclic) bond motifs is 1. The summed E-state index contributed by atoms with van der Waals surface area (Å²) in [7, 11) is 0. The molecule has 1 atom stereocenters. The largest absolute Gasteiger partial charge is 0.493 e. The normalized spacial score (nSPS) is 26.9. The molecule has 2 aliphatic rings. The summed E-state index contributed by atoms with van der Waals surface area (Å²) in [4.78, 5) is 0. The molecular formula is C15H21NO. The molecule has 1 N–H and O–H groups in total. The van der Waals surface area contributed by atoms with Crippen molar-refractivity contribution in [2.75, 3.05) is 13.2 Å². The molecule has 3 rings (SSSR count). The van der Waals surface area contributed by atoms with Crippen LogP contribution in [0.4, 0.5) is 0 Å². The minimum Gasteiger partial charge on any atom is -0.493 e. The van der Waals surface area contributed by atoms with E-state index in [0.29, 0.717) is 5.54 Å². The average Bonchev–Trinajstić information content (AvgIpc) is 2.97. The molecule has 1 fully saturated rings. The summed E-state index contributed by atoms with van der Waals surface area (Å²) < 4.78 is 5.56. The molecule has 1 aromatic rings. The number of benzene rings is 1. The van der Waals surface area contributed by atoms with Gasteiger partial charge in [0.15, 0.2) is 0 Å². The van der Waals surface area contributed by atoms with E-state index in [-0.39, 0.29) is 0 Å². The van der Waals surface area contributed by atoms with Gasteiger partial charge in [-0.05, 0) is 49.4 Å². The first-order chi connectivity index (χ1) is 8.31. The third-order valence-electron chi connectivity index (χ3n) is 4.31. The Labute approximate surface area is 103 Å². The maximum atomic E-state index is 5.56. The minimum absolute atomic E-state index is 0.355. The lowest BCUT2D eigenvalue weighted by molar-refractivity contribution is 0.355. The zero-order valence-electron chi connectivity index (χ0n) is 10.6. The van der Waals surface area contributed by atoms with E-state index in [1.54, 1.807) is 0 Å². The standard InChI is InChI=1S/C15H21NO/c1-2-15(7-3-8-16-15)11-12-4-5-14-13(10-12)6-9-17-14/h4-5,10,16H,2-3,6-9,11H2,1H3. The number of hydrogen-bond acceptors (Lipinski definition) is 2. The van der Waals surface area contributed by atoms with Crippen LogP contribution in [0.5, 0.6) is 5.75 Å². The first-order valence-corrected chi connectivity index (χ1v) is 6.81. The third-order valence-corrected chi connectivity index (χ3v) is 4.31. The summed E-state index contributed by atoms with van der Waals surface area (Å²) >= 11 is 0. The molecule has 0 bridgehead atoms. The lowest BCUT2D eigenvalue weighted by Crippen LogP contribution is -2.41. The molecule has 1 unspecified atom stereocenters. The molecule has 2 heterocycles. The molecule has 2 nitrogen and oxygen atoms in total. The Morgan fingerprint density at radius 2 is 2.35 bits per heavy atom. The van der Waals surface area contributed by atoms with E-state index in [0.717, 1.165) is 25.2 Å². The zero-order valence-corrected chi connectivity index (χ0v) is 10.6. The van der Waals surface area contributed by atoms with Crippen molar-refractivity contribution in [3.63, 3.8) is 0 Å². The number of ether oxygens (including phenoxy) is 1. The molecule has 0 aliphatic carbocycles. The van der Waals surface area contributed by atoms with E-state index in [4.69, 9.17) is 4.74 Å². The summed E-state index contributed by atoms with van der Waals surface area (Å²) in [6, 6.07) is 6.73. The maximum Gasteiger partial charge on any atom is 0.122 e. The topological polar surface area (TPSA) is 21.3 Å². The van der Waals surface area contributed by atoms with Gasteiger partial charge >= 0.3 is 0 Å². The summed E-state index contributed by atoms with van der Waals surface area (Å²) in [6.45, 7) is 4.34. The summed E-state index contributed by atoms with van der Waals surface area (Å²) in [5.41, 5.74) is 3.21. The highest BCUT2D eigenvalue weighted by Crippen LogP contribution is 2.31. The SMILES string of the molecule is CCC1(Cc2ccc3c(c2)CCO3)CCCN1. The van der Waals surface area contributed by atoms with Gasteiger partial charge in [0.25, 0.3) is 0 Å². The zero-order chi connectivity index (χ0) is 11.7. The Morgan fingerprint density at radius 3 is 3.12 bits per heavy atom. The van der Waals surface area contributed by atoms with E-state index in [2.05, 4.69) is 30.4 Å². The van der Waals surface area contributed by atoms with Crippen molar-refractivity contribution in [1.29, 1.82) is 0 Å². The van der Waals surface area contributed by atoms with Crippen molar-refractivity contribution in [2.45, 2.75) is 44.6 Å². The second-order valence-corrected chi connectivity index (χ2v) is 5.38. The van der Waals surface area contributed by atoms with Gasteiger partial charge in [-0.1, -0.05) is 19.1 Å². The molecule has 1 aromatic carbocycles. The molecule has 2 heteroatoms. The van der Waals surface area contributed by atoms with Gasteiger partial charge < -0.3 is 10.1 Å². The molecule has 92 valence electrons. The fourth-order valence-electron chi connectivity index (χ4n) is 3.19. The van der Waals surface area contributed by atoms with Crippen LogP contribution in [0.15, 0.2) is 18.2 Å². The second kappa shape index (κ2) is 4.34. The van der Waals surface area contributed by atoms with Crippen molar-refractivity contribution in [1.82, 2.24) is 5.32 Å². The molecule has 0 saturated carbocycles. The molecule has 1 saturated heterocycles. The maximum absolute atomic E-state index is 5.56. The Hall–Kier alpha value is -1.02. The highest BCUT2D eigenvalue weighted by atomic mass is 16.5. The van der Waals surface area contributed by atoms with Crippen LogP contribution in [0.3, 0.4) is 0 Å². The molecule has 0 aromatic heterocycles. The quantitative estimate of drug-likeness (QED) is 0.863.